The molecule has 314 valence electrons. The molecule has 12 aromatic rings. The zero-order valence-electron chi connectivity index (χ0n) is 38.5. The second-order valence-electron chi connectivity index (χ2n) is 18.0. The molecule has 0 N–H and O–H groups in total. The summed E-state index contributed by atoms with van der Waals surface area (Å²) in [6, 6.07) is 76.4. The Kier molecular flexibility index (Phi) is 10.2. The summed E-state index contributed by atoms with van der Waals surface area (Å²) in [6.07, 6.45) is 0. The van der Waals surface area contributed by atoms with Gasteiger partial charge in [0.15, 0.2) is 17.5 Å². The molecule has 0 unspecified atom stereocenters. The van der Waals surface area contributed by atoms with E-state index in [-0.39, 0.29) is 0 Å². The summed E-state index contributed by atoms with van der Waals surface area (Å²) in [5.41, 5.74) is 17.1. The van der Waals surface area contributed by atoms with Crippen LogP contribution in [0.1, 0.15) is 0 Å². The van der Waals surface area contributed by atoms with Gasteiger partial charge in [0.25, 0.3) is 0 Å². The van der Waals surface area contributed by atoms with Gasteiger partial charge in [-0.3, -0.25) is 0 Å². The molecule has 0 saturated carbocycles. The molecule has 12 rings (SSSR count). The predicted molar refractivity (Wildman–Crippen MR) is 301 cm³/mol. The Balaban J connectivity index is 1.07. The third-order valence-electron chi connectivity index (χ3n) is 14.2. The van der Waals surface area contributed by atoms with Crippen molar-refractivity contribution in [2.24, 2.45) is 0 Å². The minimum atomic E-state index is 0.627. The maximum absolute atomic E-state index is 5.48. The van der Waals surface area contributed by atoms with Gasteiger partial charge >= 0.3 is 0 Å². The lowest BCUT2D eigenvalue weighted by Gasteiger charge is -2.22. The average molecular weight is 861 g/mol. The highest BCUT2D eigenvalue weighted by Gasteiger charge is 2.22. The van der Waals surface area contributed by atoms with Crippen LogP contribution in [0.3, 0.4) is 0 Å². The lowest BCUT2D eigenvalue weighted by molar-refractivity contribution is 1.08. The molecule has 0 radical (unpaired) electrons. The molecule has 0 spiro atoms. The molecule has 0 aliphatic rings. The highest BCUT2D eigenvalue weighted by atomic mass is 15.0. The fourth-order valence-electron chi connectivity index (χ4n) is 10.5. The highest BCUT2D eigenvalue weighted by molar-refractivity contribution is 6.63. The van der Waals surface area contributed by atoms with Gasteiger partial charge in [0.2, 0.25) is 0 Å². The Morgan fingerprint density at radius 3 is 1.51 bits per heavy atom. The molecule has 3 nitrogen and oxygen atoms in total. The lowest BCUT2D eigenvalue weighted by Crippen LogP contribution is -2.46. The third kappa shape index (κ3) is 7.10. The smallest absolute Gasteiger partial charge is 0.164 e. The van der Waals surface area contributed by atoms with Gasteiger partial charge in [-0.05, 0) is 106 Å². The van der Waals surface area contributed by atoms with E-state index in [1.54, 1.807) is 0 Å². The molecule has 0 saturated heterocycles. The Morgan fingerprint density at radius 1 is 0.235 bits per heavy atom. The second-order valence-corrected chi connectivity index (χ2v) is 18.0. The maximum Gasteiger partial charge on any atom is 0.164 e. The number of fused-ring (bicyclic) bond motifs is 5. The number of nitrogens with zero attached hydrogens (tertiary/aromatic N) is 3. The Bertz CT molecular complexity index is 3960. The van der Waals surface area contributed by atoms with Crippen molar-refractivity contribution >= 4 is 96.3 Å². The largest absolute Gasteiger partial charge is 0.208 e. The van der Waals surface area contributed by atoms with Crippen LogP contribution in [-0.4, -0.2) is 46.3 Å². The van der Waals surface area contributed by atoms with Crippen molar-refractivity contribution in [1.29, 1.82) is 0 Å². The van der Waals surface area contributed by atoms with Gasteiger partial charge in [-0.15, -0.1) is 5.46 Å². The van der Waals surface area contributed by atoms with Crippen molar-refractivity contribution in [1.82, 2.24) is 15.0 Å². The van der Waals surface area contributed by atoms with E-state index in [1.165, 1.54) is 76.3 Å². The van der Waals surface area contributed by atoms with Crippen molar-refractivity contribution in [3.63, 3.8) is 0 Å². The van der Waals surface area contributed by atoms with E-state index in [1.807, 2.05) is 0 Å². The summed E-state index contributed by atoms with van der Waals surface area (Å²) in [6.45, 7) is 0. The predicted octanol–water partition coefficient (Wildman–Crippen LogP) is 9.19. The molecular formula is C61H43B4N3. The van der Waals surface area contributed by atoms with Crippen LogP contribution >= 0.6 is 0 Å². The van der Waals surface area contributed by atoms with Crippen LogP contribution in [0.4, 0.5) is 0 Å². The first-order chi connectivity index (χ1) is 33.4. The van der Waals surface area contributed by atoms with Crippen molar-refractivity contribution in [3.05, 3.63) is 212 Å². The zero-order valence-corrected chi connectivity index (χ0v) is 38.5. The number of aromatic nitrogens is 3. The standard InChI is InChI=1S/C61H43B4N3/c62-55-53(39-17-5-2-6-18-39)56(63)58(65)57(64)54(55)61-67-59(66-60(68-61)51-24-12-23-49-46-21-10-8-16-38(46)29-32-50(49)51)44-30-31-48(36-13-3-1-4-14-36)52(35-44)43-28-26-40-33-42(27-25-41(40)34-43)47-22-11-19-37-15-7-9-20-45(37)47/h1-35H,62-65H2. The molecule has 0 amide bonds. The molecule has 7 heteroatoms. The van der Waals surface area contributed by atoms with Crippen LogP contribution in [-0.2, 0) is 0 Å². The van der Waals surface area contributed by atoms with E-state index in [4.69, 9.17) is 15.0 Å². The van der Waals surface area contributed by atoms with E-state index in [0.29, 0.717) is 17.5 Å². The molecule has 0 fully saturated rings. The number of hydrogen-bond acceptors (Lipinski definition) is 3. The Labute approximate surface area is 400 Å². The Morgan fingerprint density at radius 2 is 0.765 bits per heavy atom. The average Bonchev–Trinajstić information content (AvgIpc) is 3.40. The highest BCUT2D eigenvalue weighted by Crippen LogP contribution is 2.39. The SMILES string of the molecule is Bc1c(B)c(-c2ccccc2)c(B)c(-c2nc(-c3ccc(-c4ccccc4)c(-c4ccc5cc(-c6cccc7ccccc67)ccc5c4)c3)nc(-c3cccc4c3ccc3ccccc34)n2)c1B. The van der Waals surface area contributed by atoms with Crippen LogP contribution < -0.4 is 21.9 Å². The molecule has 0 atom stereocenters. The van der Waals surface area contributed by atoms with E-state index < -0.39 is 0 Å². The second kappa shape index (κ2) is 16.9. The van der Waals surface area contributed by atoms with E-state index >= 15 is 0 Å². The minimum Gasteiger partial charge on any atom is -0.208 e. The molecule has 0 aliphatic carbocycles. The van der Waals surface area contributed by atoms with Crippen LogP contribution in [0, 0.1) is 0 Å². The fraction of sp³-hybridized carbons (Fsp3) is 0. The van der Waals surface area contributed by atoms with Gasteiger partial charge in [0.05, 0.1) is 0 Å². The molecule has 11 aromatic carbocycles. The summed E-state index contributed by atoms with van der Waals surface area (Å²) in [4.78, 5) is 16.4. The van der Waals surface area contributed by atoms with Crippen LogP contribution in [0.15, 0.2) is 212 Å². The number of rotatable bonds is 7. The molecular weight excluding hydrogens is 818 g/mol. The van der Waals surface area contributed by atoms with Crippen molar-refractivity contribution in [2.45, 2.75) is 0 Å². The minimum absolute atomic E-state index is 0.627. The topological polar surface area (TPSA) is 38.7 Å². The van der Waals surface area contributed by atoms with Crippen molar-refractivity contribution in [3.8, 4) is 78.7 Å². The van der Waals surface area contributed by atoms with E-state index in [0.717, 1.165) is 49.8 Å². The van der Waals surface area contributed by atoms with Crippen LogP contribution in [0.25, 0.3) is 122 Å². The van der Waals surface area contributed by atoms with Crippen LogP contribution in [0.5, 0.6) is 0 Å². The summed E-state index contributed by atoms with van der Waals surface area (Å²) in [5, 5.41) is 9.56. The number of hydrogen-bond donors (Lipinski definition) is 0. The van der Waals surface area contributed by atoms with E-state index in [2.05, 4.69) is 244 Å². The van der Waals surface area contributed by atoms with Gasteiger partial charge in [-0.2, -0.15) is 0 Å². The summed E-state index contributed by atoms with van der Waals surface area (Å²) in [7, 11) is 8.89. The quantitative estimate of drug-likeness (QED) is 0.119. The van der Waals surface area contributed by atoms with Gasteiger partial charge in [0.1, 0.15) is 31.4 Å². The summed E-state index contributed by atoms with van der Waals surface area (Å²) >= 11 is 0. The summed E-state index contributed by atoms with van der Waals surface area (Å²) in [5.74, 6) is 1.94. The molecule has 1 aromatic heterocycles. The third-order valence-corrected chi connectivity index (χ3v) is 14.2. The molecule has 68 heavy (non-hydrogen) atoms. The Hall–Kier alpha value is -8.27. The maximum atomic E-state index is 5.48. The van der Waals surface area contributed by atoms with Gasteiger partial charge in [0, 0.05) is 16.7 Å². The first-order valence-electron chi connectivity index (χ1n) is 23.4. The summed E-state index contributed by atoms with van der Waals surface area (Å²) < 4.78 is 0. The first kappa shape index (κ1) is 41.2. The lowest BCUT2D eigenvalue weighted by atomic mass is 9.63. The number of benzene rings is 11. The zero-order chi connectivity index (χ0) is 45.9. The molecule has 0 aliphatic heterocycles. The molecule has 1 heterocycles. The monoisotopic (exact) mass is 861 g/mol. The first-order valence-corrected chi connectivity index (χ1v) is 23.4. The normalized spacial score (nSPS) is 11.5. The van der Waals surface area contributed by atoms with Gasteiger partial charge in [-0.1, -0.05) is 211 Å². The fourth-order valence-corrected chi connectivity index (χ4v) is 10.5. The van der Waals surface area contributed by atoms with Gasteiger partial charge < -0.3 is 0 Å². The van der Waals surface area contributed by atoms with Crippen LogP contribution in [0.2, 0.25) is 0 Å². The molecule has 0 bridgehead atoms. The van der Waals surface area contributed by atoms with E-state index in [9.17, 15) is 0 Å². The van der Waals surface area contributed by atoms with Crippen molar-refractivity contribution < 1.29 is 0 Å². The van der Waals surface area contributed by atoms with Gasteiger partial charge in [-0.25, -0.2) is 15.0 Å². The van der Waals surface area contributed by atoms with Crippen molar-refractivity contribution in [2.75, 3.05) is 0 Å².